The summed E-state index contributed by atoms with van der Waals surface area (Å²) in [6, 6.07) is 8.33. The van der Waals surface area contributed by atoms with Crippen LogP contribution in [-0.2, 0) is 19.3 Å². The number of hydrogen-bond acceptors (Lipinski definition) is 1. The molecule has 0 radical (unpaired) electrons. The summed E-state index contributed by atoms with van der Waals surface area (Å²) < 4.78 is 101. The Balaban J connectivity index is 1.77. The van der Waals surface area contributed by atoms with Crippen LogP contribution in [-0.4, -0.2) is 6.43 Å². The fraction of sp³-hybridized carbons (Fsp3) is 0.231. The Kier molecular flexibility index (Phi) is 8.36. The Hall–Kier alpha value is -3.29. The van der Waals surface area contributed by atoms with E-state index in [9.17, 15) is 30.7 Å². The molecule has 0 amide bonds. The van der Waals surface area contributed by atoms with Gasteiger partial charge in [-0.3, -0.25) is 0 Å². The topological polar surface area (TPSA) is 9.23 Å². The van der Waals surface area contributed by atoms with Gasteiger partial charge in [0.2, 0.25) is 0 Å². The van der Waals surface area contributed by atoms with Crippen molar-refractivity contribution in [1.82, 2.24) is 0 Å². The molecule has 0 saturated heterocycles. The quantitative estimate of drug-likeness (QED) is 0.222. The maximum Gasteiger partial charge on any atom is 0.260 e. The molecular weight excluding hydrogens is 461 g/mol. The van der Waals surface area contributed by atoms with Crippen LogP contribution in [0.4, 0.5) is 30.7 Å². The van der Waals surface area contributed by atoms with E-state index >= 15 is 0 Å². The standard InChI is InChI=1S/C26H21F7O/c1-2-3-15-4-6-18(20(27)10-15)17-13-21(28)19(22(29)14-17)7-5-16-11-23(30)26(24(31)12-16)34-9-8-25(32)33/h4,6,8-14,25H,2-3,5,7H2,1H3. The number of halogens is 7. The Morgan fingerprint density at radius 2 is 1.35 bits per heavy atom. The highest BCUT2D eigenvalue weighted by atomic mass is 19.3. The molecule has 0 heterocycles. The SMILES string of the molecule is CCCc1ccc(-c2cc(F)c(CCc3cc(F)c(OC=CC(F)F)c(F)c3)c(F)c2)c(F)c1. The molecule has 0 aliphatic rings. The van der Waals surface area contributed by atoms with Crippen molar-refractivity contribution in [2.45, 2.75) is 39.0 Å². The zero-order chi connectivity index (χ0) is 24.8. The number of rotatable bonds is 9. The summed E-state index contributed by atoms with van der Waals surface area (Å²) in [6.07, 6.45) is -0.894. The minimum atomic E-state index is -2.85. The molecule has 0 bridgehead atoms. The number of alkyl halides is 2. The van der Waals surface area contributed by atoms with Crippen molar-refractivity contribution in [2.75, 3.05) is 0 Å². The Morgan fingerprint density at radius 1 is 0.735 bits per heavy atom. The van der Waals surface area contributed by atoms with Crippen molar-refractivity contribution in [1.29, 1.82) is 0 Å². The highest BCUT2D eigenvalue weighted by Crippen LogP contribution is 2.29. The smallest absolute Gasteiger partial charge is 0.260 e. The van der Waals surface area contributed by atoms with Gasteiger partial charge in [-0.05, 0) is 66.3 Å². The summed E-state index contributed by atoms with van der Waals surface area (Å²) in [7, 11) is 0. The average molecular weight is 482 g/mol. The lowest BCUT2D eigenvalue weighted by Gasteiger charge is -2.11. The fourth-order valence-corrected chi connectivity index (χ4v) is 3.54. The molecular formula is C26H21F7O. The number of benzene rings is 3. The van der Waals surface area contributed by atoms with Gasteiger partial charge in [-0.25, -0.2) is 30.7 Å². The van der Waals surface area contributed by atoms with E-state index in [1.807, 2.05) is 6.92 Å². The molecule has 3 aromatic carbocycles. The van der Waals surface area contributed by atoms with Crippen LogP contribution in [0.2, 0.25) is 0 Å². The van der Waals surface area contributed by atoms with Gasteiger partial charge in [-0.15, -0.1) is 0 Å². The van der Waals surface area contributed by atoms with Crippen LogP contribution >= 0.6 is 0 Å². The molecule has 0 aliphatic carbocycles. The Labute approximate surface area is 192 Å². The first-order valence-corrected chi connectivity index (χ1v) is 10.6. The Morgan fingerprint density at radius 3 is 1.91 bits per heavy atom. The number of hydrogen-bond donors (Lipinski definition) is 0. The van der Waals surface area contributed by atoms with E-state index in [4.69, 9.17) is 0 Å². The van der Waals surface area contributed by atoms with Crippen LogP contribution in [0.25, 0.3) is 11.1 Å². The third-order valence-corrected chi connectivity index (χ3v) is 5.16. The van der Waals surface area contributed by atoms with Crippen LogP contribution in [0.15, 0.2) is 54.8 Å². The van der Waals surface area contributed by atoms with Gasteiger partial charge in [0.25, 0.3) is 6.43 Å². The number of allylic oxidation sites excluding steroid dienone is 1. The van der Waals surface area contributed by atoms with Crippen molar-refractivity contribution >= 4 is 0 Å². The van der Waals surface area contributed by atoms with E-state index in [2.05, 4.69) is 4.74 Å². The van der Waals surface area contributed by atoms with E-state index in [1.165, 1.54) is 12.1 Å². The highest BCUT2D eigenvalue weighted by molar-refractivity contribution is 5.65. The van der Waals surface area contributed by atoms with Gasteiger partial charge >= 0.3 is 0 Å². The molecule has 8 heteroatoms. The lowest BCUT2D eigenvalue weighted by Crippen LogP contribution is -2.02. The zero-order valence-corrected chi connectivity index (χ0v) is 18.2. The largest absolute Gasteiger partial charge is 0.459 e. The van der Waals surface area contributed by atoms with Gasteiger partial charge in [0.05, 0.1) is 6.26 Å². The summed E-state index contributed by atoms with van der Waals surface area (Å²) in [5.41, 5.74) is 0.648. The van der Waals surface area contributed by atoms with Gasteiger partial charge in [0.1, 0.15) is 17.5 Å². The van der Waals surface area contributed by atoms with Gasteiger partial charge in [-0.1, -0.05) is 25.5 Å². The van der Waals surface area contributed by atoms with Crippen molar-refractivity contribution in [2.24, 2.45) is 0 Å². The first-order valence-electron chi connectivity index (χ1n) is 10.6. The Bertz CT molecular complexity index is 1140. The predicted molar refractivity (Wildman–Crippen MR) is 115 cm³/mol. The second-order valence-electron chi connectivity index (χ2n) is 7.65. The molecule has 0 spiro atoms. The normalized spacial score (nSPS) is 11.6. The van der Waals surface area contributed by atoms with Crippen LogP contribution in [0, 0.1) is 29.1 Å². The van der Waals surface area contributed by atoms with E-state index < -0.39 is 41.3 Å². The van der Waals surface area contributed by atoms with Gasteiger partial charge in [0.15, 0.2) is 17.4 Å². The molecule has 0 saturated carbocycles. The molecule has 0 N–H and O–H groups in total. The lowest BCUT2D eigenvalue weighted by molar-refractivity contribution is 0.200. The molecule has 0 aliphatic heterocycles. The second-order valence-corrected chi connectivity index (χ2v) is 7.65. The summed E-state index contributed by atoms with van der Waals surface area (Å²) in [5, 5.41) is 0. The molecule has 3 rings (SSSR count). The maximum atomic E-state index is 14.7. The first-order chi connectivity index (χ1) is 16.2. The molecule has 0 atom stereocenters. The minimum absolute atomic E-state index is 0.0368. The summed E-state index contributed by atoms with van der Waals surface area (Å²) >= 11 is 0. The van der Waals surface area contributed by atoms with E-state index in [0.717, 1.165) is 36.2 Å². The third kappa shape index (κ3) is 6.18. The highest BCUT2D eigenvalue weighted by Gasteiger charge is 2.17. The van der Waals surface area contributed by atoms with Crippen molar-refractivity contribution < 1.29 is 35.5 Å². The monoisotopic (exact) mass is 482 g/mol. The summed E-state index contributed by atoms with van der Waals surface area (Å²) in [6.45, 7) is 1.95. The zero-order valence-electron chi connectivity index (χ0n) is 18.2. The first kappa shape index (κ1) is 25.3. The average Bonchev–Trinajstić information content (AvgIpc) is 2.75. The molecule has 180 valence electrons. The summed E-state index contributed by atoms with van der Waals surface area (Å²) in [5.74, 6) is -5.57. The van der Waals surface area contributed by atoms with Crippen LogP contribution in [0.1, 0.15) is 30.0 Å². The number of aryl methyl sites for hydroxylation is 2. The van der Waals surface area contributed by atoms with Gasteiger partial charge in [0, 0.05) is 17.2 Å². The van der Waals surface area contributed by atoms with Gasteiger partial charge < -0.3 is 4.74 Å². The van der Waals surface area contributed by atoms with Crippen molar-refractivity contribution in [3.63, 3.8) is 0 Å². The van der Waals surface area contributed by atoms with Crippen molar-refractivity contribution in [3.05, 3.63) is 101 Å². The minimum Gasteiger partial charge on any atom is -0.459 e. The molecule has 34 heavy (non-hydrogen) atoms. The number of ether oxygens (including phenoxy) is 1. The van der Waals surface area contributed by atoms with Gasteiger partial charge in [-0.2, -0.15) is 0 Å². The van der Waals surface area contributed by atoms with E-state index in [0.29, 0.717) is 18.8 Å². The molecule has 0 fully saturated rings. The summed E-state index contributed by atoms with van der Waals surface area (Å²) in [4.78, 5) is 0. The van der Waals surface area contributed by atoms with E-state index in [-0.39, 0.29) is 35.1 Å². The maximum absolute atomic E-state index is 14.7. The van der Waals surface area contributed by atoms with Crippen LogP contribution < -0.4 is 4.74 Å². The molecule has 0 aromatic heterocycles. The predicted octanol–water partition coefficient (Wildman–Crippen LogP) is 7.94. The van der Waals surface area contributed by atoms with Crippen LogP contribution in [0.3, 0.4) is 0 Å². The molecule has 1 nitrogen and oxygen atoms in total. The molecule has 3 aromatic rings. The fourth-order valence-electron chi connectivity index (χ4n) is 3.54. The van der Waals surface area contributed by atoms with Crippen LogP contribution in [0.5, 0.6) is 5.75 Å². The third-order valence-electron chi connectivity index (χ3n) is 5.16. The lowest BCUT2D eigenvalue weighted by atomic mass is 9.97. The van der Waals surface area contributed by atoms with E-state index in [1.54, 1.807) is 6.07 Å². The molecule has 0 unspecified atom stereocenters. The van der Waals surface area contributed by atoms with Crippen molar-refractivity contribution in [3.8, 4) is 16.9 Å². The second kappa shape index (κ2) is 11.2.